The molecule has 1 aromatic rings. The molecule has 6 nitrogen and oxygen atoms in total. The van der Waals surface area contributed by atoms with Crippen molar-refractivity contribution in [1.29, 1.82) is 0 Å². The van der Waals surface area contributed by atoms with Crippen molar-refractivity contribution < 1.29 is 24.1 Å². The van der Waals surface area contributed by atoms with E-state index in [0.717, 1.165) is 0 Å². The Labute approximate surface area is 117 Å². The average molecular weight is 281 g/mol. The van der Waals surface area contributed by atoms with Gasteiger partial charge in [-0.1, -0.05) is 6.07 Å². The number of ether oxygens (including phenoxy) is 3. The second-order valence-electron chi connectivity index (χ2n) is 4.47. The Morgan fingerprint density at radius 2 is 2.30 bits per heavy atom. The Balaban J connectivity index is 1.90. The van der Waals surface area contributed by atoms with Gasteiger partial charge in [0.25, 0.3) is 5.91 Å². The number of carbonyl (C=O) groups is 1. The molecule has 0 saturated carbocycles. The Morgan fingerprint density at radius 1 is 1.50 bits per heavy atom. The van der Waals surface area contributed by atoms with Crippen LogP contribution in [0.4, 0.5) is 0 Å². The van der Waals surface area contributed by atoms with Crippen LogP contribution in [0, 0.1) is 0 Å². The highest BCUT2D eigenvalue weighted by Gasteiger charge is 2.26. The van der Waals surface area contributed by atoms with Crippen molar-refractivity contribution in [3.63, 3.8) is 0 Å². The van der Waals surface area contributed by atoms with Crippen LogP contribution in [0.15, 0.2) is 24.3 Å². The third-order valence-electron chi connectivity index (χ3n) is 3.16. The smallest absolute Gasteiger partial charge is 0.260 e. The summed E-state index contributed by atoms with van der Waals surface area (Å²) in [5, 5.41) is 9.23. The summed E-state index contributed by atoms with van der Waals surface area (Å²) in [7, 11) is 1.57. The number of rotatable bonds is 5. The van der Waals surface area contributed by atoms with Crippen LogP contribution in [-0.2, 0) is 9.53 Å². The molecule has 1 fully saturated rings. The van der Waals surface area contributed by atoms with Gasteiger partial charge in [-0.05, 0) is 12.1 Å². The lowest BCUT2D eigenvalue weighted by Crippen LogP contribution is -2.51. The number of hydrogen-bond donors (Lipinski definition) is 1. The molecule has 1 aromatic carbocycles. The molecule has 110 valence electrons. The fourth-order valence-electron chi connectivity index (χ4n) is 2.05. The summed E-state index contributed by atoms with van der Waals surface area (Å²) in [6, 6.07) is 6.79. The van der Waals surface area contributed by atoms with Gasteiger partial charge in [-0.3, -0.25) is 4.79 Å². The molecule has 0 aliphatic carbocycles. The van der Waals surface area contributed by atoms with E-state index < -0.39 is 0 Å². The van der Waals surface area contributed by atoms with Crippen LogP contribution < -0.4 is 9.47 Å². The fraction of sp³-hybridized carbons (Fsp3) is 0.500. The first-order valence-corrected chi connectivity index (χ1v) is 6.49. The van der Waals surface area contributed by atoms with E-state index in [-0.39, 0.29) is 25.2 Å². The molecule has 20 heavy (non-hydrogen) atoms. The van der Waals surface area contributed by atoms with Gasteiger partial charge < -0.3 is 24.2 Å². The van der Waals surface area contributed by atoms with Gasteiger partial charge in [0.2, 0.25) is 0 Å². The van der Waals surface area contributed by atoms with Crippen LogP contribution in [0.5, 0.6) is 11.5 Å². The monoisotopic (exact) mass is 281 g/mol. The maximum atomic E-state index is 12.1. The van der Waals surface area contributed by atoms with Gasteiger partial charge in [0.05, 0.1) is 33.0 Å². The normalized spacial score (nSPS) is 18.7. The molecule has 1 N–H and O–H groups in total. The number of hydrogen-bond acceptors (Lipinski definition) is 5. The lowest BCUT2D eigenvalue weighted by Gasteiger charge is -2.34. The topological polar surface area (TPSA) is 68.2 Å². The zero-order valence-electron chi connectivity index (χ0n) is 11.4. The molecule has 0 radical (unpaired) electrons. The van der Waals surface area contributed by atoms with E-state index in [9.17, 15) is 9.90 Å². The number of carbonyl (C=O) groups excluding carboxylic acids is 1. The van der Waals surface area contributed by atoms with Gasteiger partial charge >= 0.3 is 0 Å². The number of methoxy groups -OCH3 is 1. The van der Waals surface area contributed by atoms with Gasteiger partial charge in [0.1, 0.15) is 11.5 Å². The number of aliphatic hydroxyl groups is 1. The van der Waals surface area contributed by atoms with E-state index >= 15 is 0 Å². The second kappa shape index (κ2) is 7.12. The van der Waals surface area contributed by atoms with E-state index in [2.05, 4.69) is 0 Å². The van der Waals surface area contributed by atoms with E-state index in [4.69, 9.17) is 14.2 Å². The molecule has 6 heteroatoms. The van der Waals surface area contributed by atoms with Crippen molar-refractivity contribution in [2.45, 2.75) is 6.04 Å². The Bertz CT molecular complexity index is 451. The van der Waals surface area contributed by atoms with Crippen LogP contribution in [0.3, 0.4) is 0 Å². The van der Waals surface area contributed by atoms with Crippen molar-refractivity contribution in [3.8, 4) is 11.5 Å². The number of aliphatic hydroxyl groups excluding tert-OH is 1. The van der Waals surface area contributed by atoms with Crippen molar-refractivity contribution in [2.75, 3.05) is 40.1 Å². The number of amides is 1. The largest absolute Gasteiger partial charge is 0.497 e. The maximum Gasteiger partial charge on any atom is 0.260 e. The minimum atomic E-state index is -0.287. The molecule has 0 unspecified atom stereocenters. The molecule has 1 aliphatic heterocycles. The Kier molecular flexibility index (Phi) is 5.20. The first-order valence-electron chi connectivity index (χ1n) is 6.49. The van der Waals surface area contributed by atoms with E-state index in [1.807, 2.05) is 0 Å². The molecule has 0 bridgehead atoms. The van der Waals surface area contributed by atoms with Gasteiger partial charge in [-0.25, -0.2) is 0 Å². The minimum absolute atomic E-state index is 0.0658. The highest BCUT2D eigenvalue weighted by atomic mass is 16.5. The van der Waals surface area contributed by atoms with Crippen molar-refractivity contribution in [3.05, 3.63) is 24.3 Å². The Hall–Kier alpha value is -1.79. The third-order valence-corrected chi connectivity index (χ3v) is 3.16. The van der Waals surface area contributed by atoms with Crippen molar-refractivity contribution in [2.24, 2.45) is 0 Å². The van der Waals surface area contributed by atoms with Gasteiger partial charge in [0.15, 0.2) is 6.61 Å². The Morgan fingerprint density at radius 3 is 3.05 bits per heavy atom. The molecule has 1 heterocycles. The standard InChI is InChI=1S/C14H19NO5/c1-18-12-3-2-4-13(7-12)20-10-14(17)15-5-6-19-9-11(15)8-16/h2-4,7,11,16H,5-6,8-10H2,1H3/t11-/m1/s1. The molecule has 2 rings (SSSR count). The van der Waals surface area contributed by atoms with Crippen LogP contribution in [0.25, 0.3) is 0 Å². The molecule has 1 saturated heterocycles. The lowest BCUT2D eigenvalue weighted by molar-refractivity contribution is -0.143. The van der Waals surface area contributed by atoms with E-state index in [1.54, 1.807) is 36.3 Å². The van der Waals surface area contributed by atoms with Crippen LogP contribution in [0.1, 0.15) is 0 Å². The summed E-state index contributed by atoms with van der Waals surface area (Å²) < 4.78 is 15.8. The fourth-order valence-corrected chi connectivity index (χ4v) is 2.05. The summed E-state index contributed by atoms with van der Waals surface area (Å²) in [4.78, 5) is 13.7. The quantitative estimate of drug-likeness (QED) is 0.840. The highest BCUT2D eigenvalue weighted by Crippen LogP contribution is 2.19. The van der Waals surface area contributed by atoms with Gasteiger partial charge in [0, 0.05) is 12.6 Å². The van der Waals surface area contributed by atoms with Crippen molar-refractivity contribution >= 4 is 5.91 Å². The summed E-state index contributed by atoms with van der Waals surface area (Å²) in [6.45, 7) is 1.16. The zero-order chi connectivity index (χ0) is 14.4. The molecule has 1 amide bonds. The molecule has 0 spiro atoms. The SMILES string of the molecule is COc1cccc(OCC(=O)N2CCOC[C@H]2CO)c1. The molecule has 1 aliphatic rings. The van der Waals surface area contributed by atoms with E-state index in [1.165, 1.54) is 0 Å². The van der Waals surface area contributed by atoms with Gasteiger partial charge in [-0.2, -0.15) is 0 Å². The number of benzene rings is 1. The first kappa shape index (κ1) is 14.6. The highest BCUT2D eigenvalue weighted by molar-refractivity contribution is 5.78. The summed E-state index contributed by atoms with van der Waals surface area (Å²) in [6.07, 6.45) is 0. The first-order chi connectivity index (χ1) is 9.74. The zero-order valence-corrected chi connectivity index (χ0v) is 11.4. The lowest BCUT2D eigenvalue weighted by atomic mass is 10.2. The molecular weight excluding hydrogens is 262 g/mol. The third kappa shape index (κ3) is 3.61. The molecule has 1 atom stereocenters. The number of nitrogens with zero attached hydrogens (tertiary/aromatic N) is 1. The summed E-state index contributed by atoms with van der Waals surface area (Å²) >= 11 is 0. The van der Waals surface area contributed by atoms with Gasteiger partial charge in [-0.15, -0.1) is 0 Å². The van der Waals surface area contributed by atoms with Crippen LogP contribution >= 0.6 is 0 Å². The van der Waals surface area contributed by atoms with Crippen molar-refractivity contribution in [1.82, 2.24) is 4.90 Å². The van der Waals surface area contributed by atoms with E-state index in [0.29, 0.717) is 31.3 Å². The summed E-state index contributed by atoms with van der Waals surface area (Å²) in [5.74, 6) is 1.09. The predicted octanol–water partition coefficient (Wildman–Crippen LogP) is 0.294. The van der Waals surface area contributed by atoms with Crippen LogP contribution in [-0.4, -0.2) is 62.0 Å². The molecular formula is C14H19NO5. The average Bonchev–Trinajstić information content (AvgIpc) is 2.52. The summed E-state index contributed by atoms with van der Waals surface area (Å²) in [5.41, 5.74) is 0. The number of morpholine rings is 1. The second-order valence-corrected chi connectivity index (χ2v) is 4.47. The maximum absolute atomic E-state index is 12.1. The predicted molar refractivity (Wildman–Crippen MR) is 71.9 cm³/mol. The minimum Gasteiger partial charge on any atom is -0.497 e. The van der Waals surface area contributed by atoms with Crippen LogP contribution in [0.2, 0.25) is 0 Å². The molecule has 0 aromatic heterocycles.